The third kappa shape index (κ3) is 4.07. The predicted molar refractivity (Wildman–Crippen MR) is 143 cm³/mol. The summed E-state index contributed by atoms with van der Waals surface area (Å²) in [5, 5.41) is 1.33. The maximum Gasteiger partial charge on any atom is 0.258 e. The van der Waals surface area contributed by atoms with Crippen molar-refractivity contribution in [2.45, 2.75) is 51.3 Å². The molecular formula is C29H32ClN3O2. The number of ether oxygens (including phenoxy) is 1. The van der Waals surface area contributed by atoms with Gasteiger partial charge in [-0.2, -0.15) is 0 Å². The number of aromatic nitrogens is 2. The van der Waals surface area contributed by atoms with Gasteiger partial charge in [0.1, 0.15) is 12.4 Å². The zero-order valence-corrected chi connectivity index (χ0v) is 21.1. The second kappa shape index (κ2) is 9.56. The first-order valence-corrected chi connectivity index (χ1v) is 12.4. The lowest BCUT2D eigenvalue weighted by Crippen LogP contribution is -2.46. The van der Waals surface area contributed by atoms with Gasteiger partial charge in [0.05, 0.1) is 11.2 Å². The van der Waals surface area contributed by atoms with E-state index in [2.05, 4.69) is 41.6 Å². The molecule has 0 amide bonds. The van der Waals surface area contributed by atoms with Crippen molar-refractivity contribution < 1.29 is 4.74 Å². The van der Waals surface area contributed by atoms with E-state index in [1.54, 1.807) is 10.6 Å². The van der Waals surface area contributed by atoms with E-state index in [-0.39, 0.29) is 18.0 Å². The van der Waals surface area contributed by atoms with Crippen LogP contribution < -0.4 is 10.3 Å². The van der Waals surface area contributed by atoms with Crippen LogP contribution in [-0.2, 0) is 20.1 Å². The number of piperidine rings is 1. The highest BCUT2D eigenvalue weighted by molar-refractivity contribution is 5.88. The van der Waals surface area contributed by atoms with E-state index < -0.39 is 0 Å². The van der Waals surface area contributed by atoms with E-state index in [4.69, 9.17) is 4.74 Å². The number of pyridine rings is 1. The molecule has 0 radical (unpaired) electrons. The molecule has 0 N–H and O–H groups in total. The molecule has 0 saturated carbocycles. The first kappa shape index (κ1) is 23.7. The number of hydrogen-bond acceptors (Lipinski definition) is 3. The van der Waals surface area contributed by atoms with E-state index in [0.29, 0.717) is 24.4 Å². The zero-order chi connectivity index (χ0) is 23.2. The van der Waals surface area contributed by atoms with E-state index in [0.717, 1.165) is 24.2 Å². The third-order valence-corrected chi connectivity index (χ3v) is 7.78. The fourth-order valence-electron chi connectivity index (χ4n) is 6.14. The Balaban J connectivity index is 0.00000253. The minimum absolute atomic E-state index is 0. The van der Waals surface area contributed by atoms with Crippen LogP contribution in [0.15, 0.2) is 71.7 Å². The maximum atomic E-state index is 13.0. The van der Waals surface area contributed by atoms with Crippen molar-refractivity contribution in [2.75, 3.05) is 6.54 Å². The van der Waals surface area contributed by atoms with Crippen molar-refractivity contribution in [1.82, 2.24) is 14.0 Å². The number of rotatable bonds is 5. The lowest BCUT2D eigenvalue weighted by Gasteiger charge is -2.46. The third-order valence-electron chi connectivity index (χ3n) is 7.78. The number of halogens is 1. The summed E-state index contributed by atoms with van der Waals surface area (Å²) in [6.07, 6.45) is 6.78. The van der Waals surface area contributed by atoms with Gasteiger partial charge in [-0.05, 0) is 55.1 Å². The first-order chi connectivity index (χ1) is 16.6. The molecule has 1 saturated heterocycles. The number of benzene rings is 2. The lowest BCUT2D eigenvalue weighted by atomic mass is 9.82. The van der Waals surface area contributed by atoms with E-state index in [9.17, 15) is 4.79 Å². The molecule has 4 aromatic rings. The van der Waals surface area contributed by atoms with Crippen LogP contribution in [0.4, 0.5) is 0 Å². The first-order valence-electron chi connectivity index (χ1n) is 12.4. The average Bonchev–Trinajstić information content (AvgIpc) is 3.13. The molecule has 2 aromatic heterocycles. The quantitative estimate of drug-likeness (QED) is 0.355. The van der Waals surface area contributed by atoms with Crippen LogP contribution in [0.25, 0.3) is 16.6 Å². The summed E-state index contributed by atoms with van der Waals surface area (Å²) < 4.78 is 9.92. The van der Waals surface area contributed by atoms with Gasteiger partial charge in [0.25, 0.3) is 5.56 Å². The van der Waals surface area contributed by atoms with E-state index in [1.165, 1.54) is 41.4 Å². The molecule has 5 nitrogen and oxygen atoms in total. The Morgan fingerprint density at radius 3 is 2.63 bits per heavy atom. The minimum Gasteiger partial charge on any atom is -0.489 e. The van der Waals surface area contributed by atoms with Crippen molar-refractivity contribution in [3.8, 4) is 11.4 Å². The van der Waals surface area contributed by atoms with Gasteiger partial charge in [-0.1, -0.05) is 43.3 Å². The van der Waals surface area contributed by atoms with Crippen LogP contribution >= 0.6 is 12.4 Å². The van der Waals surface area contributed by atoms with Gasteiger partial charge < -0.3 is 9.30 Å². The molecule has 2 atom stereocenters. The molecule has 35 heavy (non-hydrogen) atoms. The molecule has 0 spiro atoms. The Kier molecular flexibility index (Phi) is 6.47. The SMILES string of the molecule is CCN1C2CCCC1c1c(n(C)c3cc(-n4ccc(OCc5ccccc5)cc4=O)ccc13)C2.Cl. The molecule has 4 heterocycles. The highest BCUT2D eigenvalue weighted by atomic mass is 35.5. The van der Waals surface area contributed by atoms with Gasteiger partial charge in [-0.25, -0.2) is 0 Å². The molecule has 2 aliphatic heterocycles. The number of likely N-dealkylation sites (N-methyl/N-ethyl adjacent to an activating group) is 1. The van der Waals surface area contributed by atoms with Crippen LogP contribution in [-0.4, -0.2) is 26.6 Å². The topological polar surface area (TPSA) is 39.4 Å². The van der Waals surface area contributed by atoms with Crippen molar-refractivity contribution in [3.05, 3.63) is 94.0 Å². The van der Waals surface area contributed by atoms with Crippen LogP contribution in [0.2, 0.25) is 0 Å². The van der Waals surface area contributed by atoms with E-state index >= 15 is 0 Å². The van der Waals surface area contributed by atoms with Crippen molar-refractivity contribution in [1.29, 1.82) is 0 Å². The summed E-state index contributed by atoms with van der Waals surface area (Å²) in [5.41, 5.74) is 6.08. The molecule has 1 fully saturated rings. The molecule has 182 valence electrons. The van der Waals surface area contributed by atoms with Crippen molar-refractivity contribution in [2.24, 2.45) is 7.05 Å². The van der Waals surface area contributed by atoms with E-state index in [1.807, 2.05) is 42.6 Å². The minimum atomic E-state index is -0.0862. The summed E-state index contributed by atoms with van der Waals surface area (Å²) in [4.78, 5) is 15.7. The van der Waals surface area contributed by atoms with Gasteiger partial charge in [0.15, 0.2) is 0 Å². The van der Waals surface area contributed by atoms with Crippen LogP contribution in [0.1, 0.15) is 49.0 Å². The zero-order valence-electron chi connectivity index (χ0n) is 20.3. The number of hydrogen-bond donors (Lipinski definition) is 0. The van der Waals surface area contributed by atoms with Gasteiger partial charge in [-0.3, -0.25) is 14.3 Å². The summed E-state index contributed by atoms with van der Waals surface area (Å²) in [7, 11) is 2.19. The highest BCUT2D eigenvalue weighted by Gasteiger charge is 2.39. The fraction of sp³-hybridized carbons (Fsp3) is 0.345. The molecule has 6 heteroatoms. The Bertz CT molecular complexity index is 1410. The largest absolute Gasteiger partial charge is 0.489 e. The standard InChI is InChI=1S/C29H31N3O2.ClH/c1-3-31-21-10-7-11-25(31)29-24-13-12-22(16-26(24)30(2)27(29)17-21)32-15-14-23(18-28(32)33)34-19-20-8-5-4-6-9-20;/h4-6,8-9,12-16,18,21,25H,3,7,10-11,17,19H2,1-2H3;1H. The maximum absolute atomic E-state index is 13.0. The second-order valence-electron chi connectivity index (χ2n) is 9.60. The smallest absolute Gasteiger partial charge is 0.258 e. The second-order valence-corrected chi connectivity index (χ2v) is 9.60. The van der Waals surface area contributed by atoms with Gasteiger partial charge >= 0.3 is 0 Å². The predicted octanol–water partition coefficient (Wildman–Crippen LogP) is 5.80. The van der Waals surface area contributed by atoms with Gasteiger partial charge in [0.2, 0.25) is 0 Å². The van der Waals surface area contributed by atoms with Crippen LogP contribution in [0.5, 0.6) is 5.75 Å². The molecule has 2 aromatic carbocycles. The molecule has 6 rings (SSSR count). The summed E-state index contributed by atoms with van der Waals surface area (Å²) in [6.45, 7) is 3.85. The Hall–Kier alpha value is -3.02. The molecular weight excluding hydrogens is 458 g/mol. The number of aryl methyl sites for hydroxylation is 1. The summed E-state index contributed by atoms with van der Waals surface area (Å²) in [5.74, 6) is 0.590. The number of nitrogens with zero attached hydrogens (tertiary/aromatic N) is 3. The number of fused-ring (bicyclic) bond motifs is 6. The Morgan fingerprint density at radius 2 is 1.86 bits per heavy atom. The van der Waals surface area contributed by atoms with Gasteiger partial charge in [-0.15, -0.1) is 12.4 Å². The fourth-order valence-corrected chi connectivity index (χ4v) is 6.14. The normalized spacial score (nSPS) is 19.3. The lowest BCUT2D eigenvalue weighted by molar-refractivity contribution is 0.0747. The highest BCUT2D eigenvalue weighted by Crippen LogP contribution is 2.45. The van der Waals surface area contributed by atoms with Crippen LogP contribution in [0, 0.1) is 0 Å². The molecule has 2 unspecified atom stereocenters. The molecule has 0 aliphatic carbocycles. The monoisotopic (exact) mass is 489 g/mol. The molecule has 2 aliphatic rings. The van der Waals surface area contributed by atoms with Gasteiger partial charge in [0, 0.05) is 48.9 Å². The Labute approximate surface area is 212 Å². The average molecular weight is 490 g/mol. The Morgan fingerprint density at radius 1 is 1.03 bits per heavy atom. The molecule has 2 bridgehead atoms. The van der Waals surface area contributed by atoms with Crippen LogP contribution in [0.3, 0.4) is 0 Å². The summed E-state index contributed by atoms with van der Waals surface area (Å²) in [6, 6.07) is 21.1. The van der Waals surface area contributed by atoms with Crippen molar-refractivity contribution >= 4 is 23.3 Å². The van der Waals surface area contributed by atoms with Crippen molar-refractivity contribution in [3.63, 3.8) is 0 Å². The summed E-state index contributed by atoms with van der Waals surface area (Å²) >= 11 is 0.